The van der Waals surface area contributed by atoms with Crippen LogP contribution in [0.3, 0.4) is 0 Å². The first kappa shape index (κ1) is 15.0. The van der Waals surface area contributed by atoms with Crippen molar-refractivity contribution in [2.45, 2.75) is 0 Å². The monoisotopic (exact) mass is 316 g/mol. The van der Waals surface area contributed by atoms with Crippen molar-refractivity contribution in [3.63, 3.8) is 0 Å². The summed E-state index contributed by atoms with van der Waals surface area (Å²) in [5, 5.41) is 10.4. The highest BCUT2D eigenvalue weighted by Gasteiger charge is 2.13. The fourth-order valence-electron chi connectivity index (χ4n) is 2.46. The minimum Gasteiger partial charge on any atom is -0.265 e. The van der Waals surface area contributed by atoms with Crippen LogP contribution in [0.2, 0.25) is 5.02 Å². The Kier molecular flexibility index (Phi) is 4.52. The normalized spacial score (nSPS) is 11.5. The fraction of sp³-hybridized carbons (Fsp3) is 0. The lowest BCUT2D eigenvalue weighted by molar-refractivity contribution is 1.31. The predicted octanol–water partition coefficient (Wildman–Crippen LogP) is 5.22. The molecular weight excluding hydrogens is 304 g/mol. The lowest BCUT2D eigenvalue weighted by atomic mass is 9.91. The SMILES string of the molecule is N#C/C(=C(/c1ccccc1)c1ccncc1)c1ccc(Cl)cc1. The van der Waals surface area contributed by atoms with Crippen LogP contribution in [-0.4, -0.2) is 4.98 Å². The Bertz CT molecular complexity index is 820. The molecule has 2 aromatic carbocycles. The second kappa shape index (κ2) is 6.91. The molecule has 23 heavy (non-hydrogen) atoms. The Labute approximate surface area is 140 Å². The third-order valence-corrected chi connectivity index (χ3v) is 3.78. The molecule has 0 aliphatic rings. The van der Waals surface area contributed by atoms with Gasteiger partial charge < -0.3 is 0 Å². The highest BCUT2D eigenvalue weighted by Crippen LogP contribution is 2.32. The van der Waals surface area contributed by atoms with Gasteiger partial charge in [0.15, 0.2) is 0 Å². The number of nitrogens with zero attached hydrogens (tertiary/aromatic N) is 2. The number of allylic oxidation sites excluding steroid dienone is 1. The van der Waals surface area contributed by atoms with E-state index in [0.717, 1.165) is 22.3 Å². The maximum Gasteiger partial charge on any atom is 0.100 e. The average Bonchev–Trinajstić information content (AvgIpc) is 2.62. The number of halogens is 1. The minimum absolute atomic E-state index is 0.610. The average molecular weight is 317 g/mol. The number of hydrogen-bond acceptors (Lipinski definition) is 2. The van der Waals surface area contributed by atoms with Gasteiger partial charge in [0.1, 0.15) is 6.07 Å². The Balaban J connectivity index is 2.28. The van der Waals surface area contributed by atoms with Crippen LogP contribution in [0, 0.1) is 11.3 Å². The number of nitriles is 1. The first-order valence-corrected chi connectivity index (χ1v) is 7.53. The summed E-state index contributed by atoms with van der Waals surface area (Å²) < 4.78 is 0. The van der Waals surface area contributed by atoms with Crippen LogP contribution in [-0.2, 0) is 0 Å². The maximum atomic E-state index is 9.79. The molecule has 1 heterocycles. The van der Waals surface area contributed by atoms with Crippen LogP contribution >= 0.6 is 11.6 Å². The molecule has 3 rings (SSSR count). The molecule has 0 saturated carbocycles. The lowest BCUT2D eigenvalue weighted by Gasteiger charge is -2.12. The first-order chi connectivity index (χ1) is 11.3. The number of hydrogen-bond donors (Lipinski definition) is 0. The number of benzene rings is 2. The Morgan fingerprint density at radius 3 is 2.00 bits per heavy atom. The van der Waals surface area contributed by atoms with E-state index >= 15 is 0 Å². The molecule has 0 bridgehead atoms. The zero-order valence-electron chi connectivity index (χ0n) is 12.3. The Morgan fingerprint density at radius 2 is 1.39 bits per heavy atom. The summed E-state index contributed by atoms with van der Waals surface area (Å²) in [6, 6.07) is 23.4. The van der Waals surface area contributed by atoms with Gasteiger partial charge in [-0.05, 0) is 41.0 Å². The van der Waals surface area contributed by atoms with Crippen LogP contribution in [0.4, 0.5) is 0 Å². The lowest BCUT2D eigenvalue weighted by Crippen LogP contribution is -1.94. The van der Waals surface area contributed by atoms with Gasteiger partial charge >= 0.3 is 0 Å². The van der Waals surface area contributed by atoms with Gasteiger partial charge in [-0.25, -0.2) is 0 Å². The van der Waals surface area contributed by atoms with E-state index in [-0.39, 0.29) is 0 Å². The standard InChI is InChI=1S/C20H13ClN2/c21-18-8-6-15(7-9-18)19(14-22)20(16-4-2-1-3-5-16)17-10-12-23-13-11-17/h1-13H/b20-19+. The highest BCUT2D eigenvalue weighted by atomic mass is 35.5. The summed E-state index contributed by atoms with van der Waals surface area (Å²) >= 11 is 5.97. The van der Waals surface area contributed by atoms with E-state index in [9.17, 15) is 5.26 Å². The van der Waals surface area contributed by atoms with Gasteiger partial charge in [0.25, 0.3) is 0 Å². The van der Waals surface area contributed by atoms with Crippen molar-refractivity contribution < 1.29 is 0 Å². The van der Waals surface area contributed by atoms with Crippen molar-refractivity contribution in [3.8, 4) is 6.07 Å². The molecule has 0 saturated heterocycles. The van der Waals surface area contributed by atoms with Crippen LogP contribution in [0.15, 0.2) is 79.1 Å². The molecule has 0 unspecified atom stereocenters. The molecule has 0 radical (unpaired) electrons. The molecule has 0 atom stereocenters. The van der Waals surface area contributed by atoms with Gasteiger partial charge in [-0.15, -0.1) is 0 Å². The third-order valence-electron chi connectivity index (χ3n) is 3.53. The van der Waals surface area contributed by atoms with Crippen molar-refractivity contribution >= 4 is 22.7 Å². The maximum absolute atomic E-state index is 9.79. The van der Waals surface area contributed by atoms with Gasteiger partial charge in [0.2, 0.25) is 0 Å². The molecule has 2 nitrogen and oxygen atoms in total. The zero-order chi connectivity index (χ0) is 16.1. The first-order valence-electron chi connectivity index (χ1n) is 7.16. The van der Waals surface area contributed by atoms with E-state index in [2.05, 4.69) is 11.1 Å². The van der Waals surface area contributed by atoms with Crippen LogP contribution in [0.5, 0.6) is 0 Å². The minimum atomic E-state index is 0.610. The summed E-state index contributed by atoms with van der Waals surface area (Å²) in [6.45, 7) is 0. The molecule has 0 spiro atoms. The predicted molar refractivity (Wildman–Crippen MR) is 93.7 cm³/mol. The van der Waals surface area contributed by atoms with Crippen molar-refractivity contribution in [1.29, 1.82) is 5.26 Å². The molecule has 0 amide bonds. The smallest absolute Gasteiger partial charge is 0.100 e. The molecule has 0 aliphatic carbocycles. The van der Waals surface area contributed by atoms with Gasteiger partial charge in [-0.1, -0.05) is 54.1 Å². The second-order valence-corrected chi connectivity index (χ2v) is 5.41. The molecule has 3 heteroatoms. The van der Waals surface area contributed by atoms with Crippen molar-refractivity contribution in [2.24, 2.45) is 0 Å². The summed E-state index contributed by atoms with van der Waals surface area (Å²) in [5.41, 5.74) is 4.28. The van der Waals surface area contributed by atoms with Crippen LogP contribution < -0.4 is 0 Å². The second-order valence-electron chi connectivity index (χ2n) is 4.97. The van der Waals surface area contributed by atoms with Gasteiger partial charge in [-0.2, -0.15) is 5.26 Å². The van der Waals surface area contributed by atoms with Gasteiger partial charge in [0, 0.05) is 23.0 Å². The van der Waals surface area contributed by atoms with E-state index in [0.29, 0.717) is 10.6 Å². The van der Waals surface area contributed by atoms with Crippen molar-refractivity contribution in [2.75, 3.05) is 0 Å². The molecule has 0 aliphatic heterocycles. The Hall–Kier alpha value is -2.89. The van der Waals surface area contributed by atoms with Crippen molar-refractivity contribution in [1.82, 2.24) is 4.98 Å². The molecular formula is C20H13ClN2. The highest BCUT2D eigenvalue weighted by molar-refractivity contribution is 6.30. The van der Waals surface area contributed by atoms with E-state index in [1.807, 2.05) is 54.6 Å². The molecule has 0 fully saturated rings. The van der Waals surface area contributed by atoms with Crippen molar-refractivity contribution in [3.05, 3.63) is 101 Å². The van der Waals surface area contributed by atoms with Gasteiger partial charge in [0.05, 0.1) is 5.57 Å². The van der Waals surface area contributed by atoms with E-state index in [4.69, 9.17) is 11.6 Å². The quantitative estimate of drug-likeness (QED) is 0.491. The summed E-state index contributed by atoms with van der Waals surface area (Å²) in [5.74, 6) is 0. The number of pyridine rings is 1. The van der Waals surface area contributed by atoms with Gasteiger partial charge in [-0.3, -0.25) is 4.98 Å². The number of rotatable bonds is 3. The van der Waals surface area contributed by atoms with E-state index in [1.165, 1.54) is 0 Å². The summed E-state index contributed by atoms with van der Waals surface area (Å²) in [6.07, 6.45) is 3.46. The zero-order valence-corrected chi connectivity index (χ0v) is 13.0. The molecule has 1 aromatic heterocycles. The summed E-state index contributed by atoms with van der Waals surface area (Å²) in [4.78, 5) is 4.07. The Morgan fingerprint density at radius 1 is 0.783 bits per heavy atom. The topological polar surface area (TPSA) is 36.7 Å². The largest absolute Gasteiger partial charge is 0.265 e. The number of aromatic nitrogens is 1. The molecule has 0 N–H and O–H groups in total. The van der Waals surface area contributed by atoms with E-state index < -0.39 is 0 Å². The third kappa shape index (κ3) is 3.31. The van der Waals surface area contributed by atoms with Crippen LogP contribution in [0.25, 0.3) is 11.1 Å². The fourth-order valence-corrected chi connectivity index (χ4v) is 2.59. The molecule has 110 valence electrons. The van der Waals surface area contributed by atoms with Crippen LogP contribution in [0.1, 0.15) is 16.7 Å². The van der Waals surface area contributed by atoms with E-state index in [1.54, 1.807) is 24.5 Å². The molecule has 3 aromatic rings. The summed E-state index contributed by atoms with van der Waals surface area (Å²) in [7, 11) is 0.